The average Bonchev–Trinajstić information content (AvgIpc) is 1.90. The molecule has 1 heterocycles. The Morgan fingerprint density at radius 3 is 1.75 bits per heavy atom. The second-order valence-electron chi connectivity index (χ2n) is 1.62. The van der Waals surface area contributed by atoms with Crippen LogP contribution >= 0.6 is 8.25 Å². The summed E-state index contributed by atoms with van der Waals surface area (Å²) in [5, 5.41) is 3.16. The summed E-state index contributed by atoms with van der Waals surface area (Å²) in [6.45, 7) is 3.83. The van der Waals surface area contributed by atoms with Gasteiger partial charge in [0.15, 0.2) is 0 Å². The SMILES string of the molecule is C1COCCN1.O.O=[P+](O)O.[H-].[Na+]. The van der Waals surface area contributed by atoms with Gasteiger partial charge in [0.05, 0.1) is 13.2 Å². The van der Waals surface area contributed by atoms with Gasteiger partial charge in [0.1, 0.15) is 0 Å². The Morgan fingerprint density at radius 2 is 1.67 bits per heavy atom. The first kappa shape index (κ1) is 18.6. The molecule has 0 amide bonds. The van der Waals surface area contributed by atoms with Crippen LogP contribution in [0.25, 0.3) is 0 Å². The van der Waals surface area contributed by atoms with Crippen LogP contribution in [-0.4, -0.2) is 41.6 Å². The van der Waals surface area contributed by atoms with Crippen LogP contribution in [0.15, 0.2) is 0 Å². The number of hydrogen-bond acceptors (Lipinski definition) is 3. The summed E-state index contributed by atoms with van der Waals surface area (Å²) in [5.41, 5.74) is 0. The van der Waals surface area contributed by atoms with Crippen LogP contribution in [0.1, 0.15) is 1.43 Å². The van der Waals surface area contributed by atoms with Gasteiger partial charge in [-0.2, -0.15) is 0 Å². The molecule has 5 N–H and O–H groups in total. The summed E-state index contributed by atoms with van der Waals surface area (Å²) < 4.78 is 13.7. The van der Waals surface area contributed by atoms with Crippen LogP contribution in [0.5, 0.6) is 0 Å². The molecule has 70 valence electrons. The minimum absolute atomic E-state index is 0. The van der Waals surface area contributed by atoms with Crippen molar-refractivity contribution < 1.29 is 55.5 Å². The summed E-state index contributed by atoms with van der Waals surface area (Å²) in [5.74, 6) is 0. The van der Waals surface area contributed by atoms with Gasteiger partial charge in [0, 0.05) is 17.7 Å². The van der Waals surface area contributed by atoms with E-state index in [1.807, 2.05) is 0 Å². The molecule has 1 aliphatic heterocycles. The van der Waals surface area contributed by atoms with Gasteiger partial charge in [0.25, 0.3) is 0 Å². The summed E-state index contributed by atoms with van der Waals surface area (Å²) in [6.07, 6.45) is 0. The van der Waals surface area contributed by atoms with Gasteiger partial charge in [-0.25, -0.2) is 0 Å². The minimum atomic E-state index is -2.87. The first-order chi connectivity index (χ1) is 4.73. The number of morpholine rings is 1. The van der Waals surface area contributed by atoms with Crippen LogP contribution < -0.4 is 34.9 Å². The zero-order valence-electron chi connectivity index (χ0n) is 7.99. The molecular formula is C4H14NNaO5P+. The molecule has 0 aromatic carbocycles. The zero-order chi connectivity index (χ0) is 7.82. The monoisotopic (exact) mass is 210 g/mol. The third-order valence-electron chi connectivity index (χ3n) is 0.846. The topological polar surface area (TPSA) is 110 Å². The van der Waals surface area contributed by atoms with Crippen molar-refractivity contribution in [2.75, 3.05) is 26.3 Å². The molecule has 1 saturated heterocycles. The Labute approximate surface area is 95.3 Å². The largest absolute Gasteiger partial charge is 1.00 e. The predicted octanol–water partition coefficient (Wildman–Crippen LogP) is -4.47. The van der Waals surface area contributed by atoms with Gasteiger partial charge in [-0.3, -0.25) is 0 Å². The van der Waals surface area contributed by atoms with Crippen LogP contribution in [0, 0.1) is 0 Å². The normalized spacial score (nSPS) is 14.2. The van der Waals surface area contributed by atoms with Crippen molar-refractivity contribution >= 4 is 8.25 Å². The first-order valence-electron chi connectivity index (χ1n) is 2.87. The molecule has 8 heteroatoms. The quantitative estimate of drug-likeness (QED) is 0.276. The molecule has 0 aromatic heterocycles. The molecule has 0 spiro atoms. The van der Waals surface area contributed by atoms with E-state index in [1.54, 1.807) is 0 Å². The van der Waals surface area contributed by atoms with Gasteiger partial charge in [-0.15, -0.1) is 9.79 Å². The fourth-order valence-corrected chi connectivity index (χ4v) is 0.516. The van der Waals surface area contributed by atoms with Crippen LogP contribution in [0.2, 0.25) is 0 Å². The fraction of sp³-hybridized carbons (Fsp3) is 1.00. The van der Waals surface area contributed by atoms with Crippen molar-refractivity contribution in [1.29, 1.82) is 0 Å². The number of nitrogens with one attached hydrogen (secondary N) is 1. The Balaban J connectivity index is -0.0000000536. The Hall–Kier alpha value is 0.900. The van der Waals surface area contributed by atoms with Crippen molar-refractivity contribution in [1.82, 2.24) is 5.32 Å². The molecule has 1 fully saturated rings. The van der Waals surface area contributed by atoms with Crippen molar-refractivity contribution in [3.63, 3.8) is 0 Å². The number of ether oxygens (including phenoxy) is 1. The molecule has 0 radical (unpaired) electrons. The van der Waals surface area contributed by atoms with Crippen LogP contribution in [0.4, 0.5) is 0 Å². The van der Waals surface area contributed by atoms with Crippen LogP contribution in [-0.2, 0) is 9.30 Å². The summed E-state index contributed by atoms with van der Waals surface area (Å²) in [7, 11) is -2.87. The third-order valence-corrected chi connectivity index (χ3v) is 0.846. The smallest absolute Gasteiger partial charge is 1.00 e. The van der Waals surface area contributed by atoms with E-state index < -0.39 is 8.25 Å². The molecule has 0 atom stereocenters. The molecule has 0 bridgehead atoms. The molecule has 0 aliphatic carbocycles. The van der Waals surface area contributed by atoms with Crippen LogP contribution in [0.3, 0.4) is 0 Å². The molecule has 1 rings (SSSR count). The summed E-state index contributed by atoms with van der Waals surface area (Å²) in [4.78, 5) is 14.2. The summed E-state index contributed by atoms with van der Waals surface area (Å²) in [6, 6.07) is 0. The van der Waals surface area contributed by atoms with Crippen molar-refractivity contribution in [2.24, 2.45) is 0 Å². The van der Waals surface area contributed by atoms with E-state index in [2.05, 4.69) is 5.32 Å². The Morgan fingerprint density at radius 1 is 1.33 bits per heavy atom. The number of rotatable bonds is 0. The van der Waals surface area contributed by atoms with E-state index >= 15 is 0 Å². The Kier molecular flexibility index (Phi) is 22.4. The second kappa shape index (κ2) is 14.4. The van der Waals surface area contributed by atoms with Gasteiger partial charge >= 0.3 is 37.8 Å². The van der Waals surface area contributed by atoms with E-state index in [4.69, 9.17) is 19.1 Å². The second-order valence-corrected chi connectivity index (χ2v) is 2.12. The molecule has 6 nitrogen and oxygen atoms in total. The first-order valence-corrected chi connectivity index (χ1v) is 4.03. The molecular weight excluding hydrogens is 196 g/mol. The van der Waals surface area contributed by atoms with E-state index in [-0.39, 0.29) is 36.5 Å². The predicted molar refractivity (Wildman–Crippen MR) is 40.5 cm³/mol. The van der Waals surface area contributed by atoms with Gasteiger partial charge in [0.2, 0.25) is 0 Å². The molecule has 0 unspecified atom stereocenters. The molecule has 1 aliphatic rings. The maximum Gasteiger partial charge on any atom is 1.00 e. The molecule has 12 heavy (non-hydrogen) atoms. The standard InChI is InChI=1S/C4H9NO.Na.HO3P.H2O.H/c1-3-6-4-2-5-1;;1-4(2)3;;/h5H,1-4H2;;(H-,1,2,3);1H2;/q;+1;;;-1/p+1. The Bertz CT molecular complexity index is 91.0. The maximum atomic E-state index is 8.70. The summed E-state index contributed by atoms with van der Waals surface area (Å²) >= 11 is 0. The zero-order valence-corrected chi connectivity index (χ0v) is 9.88. The van der Waals surface area contributed by atoms with Crippen molar-refractivity contribution in [3.05, 3.63) is 0 Å². The van der Waals surface area contributed by atoms with E-state index in [0.717, 1.165) is 26.3 Å². The van der Waals surface area contributed by atoms with Crippen molar-refractivity contribution in [2.45, 2.75) is 0 Å². The van der Waals surface area contributed by atoms with Gasteiger partial charge in [-0.1, -0.05) is 0 Å². The molecule has 0 aromatic rings. The number of hydrogen-bond donors (Lipinski definition) is 3. The third kappa shape index (κ3) is 22.4. The molecule has 0 saturated carbocycles. The van der Waals surface area contributed by atoms with Gasteiger partial charge < -0.3 is 17.0 Å². The van der Waals surface area contributed by atoms with Gasteiger partial charge in [-0.05, 0) is 0 Å². The van der Waals surface area contributed by atoms with E-state index in [0.29, 0.717) is 0 Å². The van der Waals surface area contributed by atoms with E-state index in [9.17, 15) is 0 Å². The average molecular weight is 210 g/mol. The van der Waals surface area contributed by atoms with E-state index in [1.165, 1.54) is 0 Å². The van der Waals surface area contributed by atoms with Crippen molar-refractivity contribution in [3.8, 4) is 0 Å². The minimum Gasteiger partial charge on any atom is -1.00 e. The fourth-order valence-electron chi connectivity index (χ4n) is 0.516. The maximum absolute atomic E-state index is 8.70.